The van der Waals surface area contributed by atoms with Gasteiger partial charge in [-0.3, -0.25) is 4.79 Å². The fourth-order valence-electron chi connectivity index (χ4n) is 4.06. The molecule has 4 rings (SSSR count). The number of amides is 1. The lowest BCUT2D eigenvalue weighted by Crippen LogP contribution is -2.52. The smallest absolute Gasteiger partial charge is 0.244 e. The summed E-state index contributed by atoms with van der Waals surface area (Å²) in [6.07, 6.45) is 0.330. The molecule has 1 aliphatic heterocycles. The number of carbonyl (C=O) groups excluding carboxylic acids is 1. The zero-order chi connectivity index (χ0) is 23.4. The molecule has 0 bridgehead atoms. The first-order valence-corrected chi connectivity index (χ1v) is 12.5. The van der Waals surface area contributed by atoms with Crippen LogP contribution in [0, 0.1) is 6.92 Å². The van der Waals surface area contributed by atoms with Crippen molar-refractivity contribution in [3.63, 3.8) is 0 Å². The Morgan fingerprint density at radius 2 is 1.76 bits per heavy atom. The zero-order valence-electron chi connectivity index (χ0n) is 18.8. The molecule has 0 aromatic heterocycles. The van der Waals surface area contributed by atoms with Gasteiger partial charge in [0, 0.05) is 13.1 Å². The molecule has 172 valence electrons. The topological polar surface area (TPSA) is 75.7 Å². The van der Waals surface area contributed by atoms with Gasteiger partial charge in [-0.2, -0.15) is 4.31 Å². The molecule has 1 atom stereocenters. The second kappa shape index (κ2) is 9.77. The number of nitrogens with zero attached hydrogens (tertiary/aromatic N) is 1. The molecule has 3 aromatic rings. The molecule has 0 aliphatic carbocycles. The third kappa shape index (κ3) is 5.10. The van der Waals surface area contributed by atoms with E-state index < -0.39 is 16.1 Å². The standard InChI is InChI=1S/C26H28N2O4S/c1-3-32-23-13-11-20(12-14-23)17-27-26(29)25-16-21-8-4-5-9-22(21)18-28(25)33(30,31)24-10-6-7-19(2)15-24/h4-15,25H,3,16-18H2,1-2H3,(H,27,29). The third-order valence-electron chi connectivity index (χ3n) is 5.81. The van der Waals surface area contributed by atoms with Crippen molar-refractivity contribution in [3.8, 4) is 5.75 Å². The van der Waals surface area contributed by atoms with Crippen LogP contribution in [0.15, 0.2) is 77.7 Å². The molecule has 1 aliphatic rings. The van der Waals surface area contributed by atoms with Gasteiger partial charge in [0.25, 0.3) is 0 Å². The van der Waals surface area contributed by atoms with Crippen molar-refractivity contribution in [2.75, 3.05) is 6.61 Å². The average Bonchev–Trinajstić information content (AvgIpc) is 2.82. The number of carbonyl (C=O) groups is 1. The lowest BCUT2D eigenvalue weighted by Gasteiger charge is -2.35. The van der Waals surface area contributed by atoms with E-state index in [2.05, 4.69) is 5.32 Å². The number of benzene rings is 3. The molecule has 0 radical (unpaired) electrons. The van der Waals surface area contributed by atoms with Gasteiger partial charge >= 0.3 is 0 Å². The van der Waals surface area contributed by atoms with E-state index in [1.54, 1.807) is 18.2 Å². The third-order valence-corrected chi connectivity index (χ3v) is 7.66. The van der Waals surface area contributed by atoms with E-state index in [0.717, 1.165) is 28.0 Å². The fraction of sp³-hybridized carbons (Fsp3) is 0.269. The van der Waals surface area contributed by atoms with Crippen molar-refractivity contribution in [1.29, 1.82) is 0 Å². The first-order chi connectivity index (χ1) is 15.9. The first-order valence-electron chi connectivity index (χ1n) is 11.0. The Balaban J connectivity index is 1.58. The summed E-state index contributed by atoms with van der Waals surface area (Å²) in [5.41, 5.74) is 3.68. The van der Waals surface area contributed by atoms with Crippen molar-refractivity contribution in [1.82, 2.24) is 9.62 Å². The van der Waals surface area contributed by atoms with Gasteiger partial charge in [0.05, 0.1) is 11.5 Å². The van der Waals surface area contributed by atoms with Crippen LogP contribution >= 0.6 is 0 Å². The van der Waals surface area contributed by atoms with Crippen LogP contribution in [-0.4, -0.2) is 31.3 Å². The summed E-state index contributed by atoms with van der Waals surface area (Å²) >= 11 is 0. The molecular weight excluding hydrogens is 436 g/mol. The maximum Gasteiger partial charge on any atom is 0.244 e. The zero-order valence-corrected chi connectivity index (χ0v) is 19.6. The van der Waals surface area contributed by atoms with E-state index >= 15 is 0 Å². The van der Waals surface area contributed by atoms with Crippen molar-refractivity contribution in [3.05, 3.63) is 95.1 Å². The Labute approximate surface area is 195 Å². The number of aryl methyl sites for hydroxylation is 1. The Hall–Kier alpha value is -3.16. The molecule has 6 nitrogen and oxygen atoms in total. The second-order valence-electron chi connectivity index (χ2n) is 8.15. The minimum absolute atomic E-state index is 0.160. The van der Waals surface area contributed by atoms with E-state index in [1.807, 2.05) is 68.4 Å². The molecule has 0 fully saturated rings. The maximum atomic E-state index is 13.6. The van der Waals surface area contributed by atoms with Crippen LogP contribution in [0.2, 0.25) is 0 Å². The summed E-state index contributed by atoms with van der Waals surface area (Å²) in [6, 6.07) is 21.2. The predicted molar refractivity (Wildman–Crippen MR) is 127 cm³/mol. The number of ether oxygens (including phenoxy) is 1. The molecular formula is C26H28N2O4S. The molecule has 1 N–H and O–H groups in total. The minimum atomic E-state index is -3.86. The van der Waals surface area contributed by atoms with E-state index in [9.17, 15) is 13.2 Å². The molecule has 1 heterocycles. The SMILES string of the molecule is CCOc1ccc(CNC(=O)C2Cc3ccccc3CN2S(=O)(=O)c2cccc(C)c2)cc1. The van der Waals surface area contributed by atoms with Crippen LogP contribution in [0.3, 0.4) is 0 Å². The predicted octanol–water partition coefficient (Wildman–Crippen LogP) is 3.83. The molecule has 0 saturated heterocycles. The Morgan fingerprint density at radius 3 is 2.45 bits per heavy atom. The van der Waals surface area contributed by atoms with Gasteiger partial charge in [-0.05, 0) is 66.8 Å². The summed E-state index contributed by atoms with van der Waals surface area (Å²) < 4.78 is 33.9. The monoisotopic (exact) mass is 464 g/mol. The second-order valence-corrected chi connectivity index (χ2v) is 10.0. The van der Waals surface area contributed by atoms with E-state index in [1.165, 1.54) is 4.31 Å². The lowest BCUT2D eigenvalue weighted by atomic mass is 9.95. The molecule has 1 amide bonds. The van der Waals surface area contributed by atoms with Gasteiger partial charge in [-0.1, -0.05) is 48.5 Å². The van der Waals surface area contributed by atoms with Gasteiger partial charge in [0.2, 0.25) is 15.9 Å². The lowest BCUT2D eigenvalue weighted by molar-refractivity contribution is -0.125. The van der Waals surface area contributed by atoms with Crippen molar-refractivity contribution >= 4 is 15.9 Å². The van der Waals surface area contributed by atoms with Gasteiger partial charge in [-0.25, -0.2) is 8.42 Å². The highest BCUT2D eigenvalue weighted by molar-refractivity contribution is 7.89. The van der Waals surface area contributed by atoms with Crippen LogP contribution in [0.1, 0.15) is 29.2 Å². The number of hydrogen-bond donors (Lipinski definition) is 1. The fourth-order valence-corrected chi connectivity index (χ4v) is 5.73. The van der Waals surface area contributed by atoms with Gasteiger partial charge < -0.3 is 10.1 Å². The van der Waals surface area contributed by atoms with Crippen LogP contribution in [0.4, 0.5) is 0 Å². The molecule has 33 heavy (non-hydrogen) atoms. The Bertz CT molecular complexity index is 1240. The van der Waals surface area contributed by atoms with Crippen LogP contribution < -0.4 is 10.1 Å². The summed E-state index contributed by atoms with van der Waals surface area (Å²) in [5.74, 6) is 0.460. The normalized spacial score (nSPS) is 16.1. The van der Waals surface area contributed by atoms with Crippen molar-refractivity contribution < 1.29 is 17.9 Å². The Kier molecular flexibility index (Phi) is 6.81. The van der Waals surface area contributed by atoms with Crippen molar-refractivity contribution in [2.45, 2.75) is 44.3 Å². The average molecular weight is 465 g/mol. The minimum Gasteiger partial charge on any atom is -0.494 e. The van der Waals surface area contributed by atoms with Crippen molar-refractivity contribution in [2.24, 2.45) is 0 Å². The number of hydrogen-bond acceptors (Lipinski definition) is 4. The first kappa shape index (κ1) is 23.0. The molecule has 7 heteroatoms. The van der Waals surface area contributed by atoms with E-state index in [0.29, 0.717) is 19.6 Å². The highest BCUT2D eigenvalue weighted by Crippen LogP contribution is 2.29. The van der Waals surface area contributed by atoms with Gasteiger partial charge in [0.1, 0.15) is 11.8 Å². The molecule has 0 saturated carbocycles. The molecule has 3 aromatic carbocycles. The number of fused-ring (bicyclic) bond motifs is 1. The Morgan fingerprint density at radius 1 is 1.03 bits per heavy atom. The van der Waals surface area contributed by atoms with Crippen LogP contribution in [0.25, 0.3) is 0 Å². The summed E-state index contributed by atoms with van der Waals surface area (Å²) in [6.45, 7) is 4.83. The van der Waals surface area contributed by atoms with Crippen LogP contribution in [-0.2, 0) is 34.3 Å². The largest absolute Gasteiger partial charge is 0.494 e. The van der Waals surface area contributed by atoms with Gasteiger partial charge in [-0.15, -0.1) is 0 Å². The number of nitrogens with one attached hydrogen (secondary N) is 1. The van der Waals surface area contributed by atoms with E-state index in [4.69, 9.17) is 4.74 Å². The maximum absolute atomic E-state index is 13.6. The quantitative estimate of drug-likeness (QED) is 0.577. The molecule has 1 unspecified atom stereocenters. The van der Waals surface area contributed by atoms with Crippen LogP contribution in [0.5, 0.6) is 5.75 Å². The number of rotatable bonds is 7. The summed E-state index contributed by atoms with van der Waals surface area (Å²) in [7, 11) is -3.86. The summed E-state index contributed by atoms with van der Waals surface area (Å²) in [4.78, 5) is 13.5. The summed E-state index contributed by atoms with van der Waals surface area (Å²) in [5, 5.41) is 2.93. The highest BCUT2D eigenvalue weighted by Gasteiger charge is 2.39. The number of sulfonamides is 1. The molecule has 0 spiro atoms. The van der Waals surface area contributed by atoms with Gasteiger partial charge in [0.15, 0.2) is 0 Å². The highest BCUT2D eigenvalue weighted by atomic mass is 32.2. The van der Waals surface area contributed by atoms with E-state index in [-0.39, 0.29) is 17.3 Å².